The van der Waals surface area contributed by atoms with Crippen LogP contribution in [-0.2, 0) is 9.53 Å². The van der Waals surface area contributed by atoms with Crippen molar-refractivity contribution in [3.05, 3.63) is 0 Å². The Bertz CT molecular complexity index is 184. The van der Waals surface area contributed by atoms with Crippen LogP contribution in [-0.4, -0.2) is 55.5 Å². The maximum absolute atomic E-state index is 11.8. The summed E-state index contributed by atoms with van der Waals surface area (Å²) in [6.07, 6.45) is -4.84. The SMILES string of the molecule is CN(CCOCCO)C(=O)C(F)(F)F. The van der Waals surface area contributed by atoms with E-state index in [0.717, 1.165) is 7.05 Å². The standard InChI is InChI=1S/C7H12F3NO3/c1-11(2-4-14-5-3-12)6(13)7(8,9)10/h12H,2-5H2,1H3. The number of hydrogen-bond acceptors (Lipinski definition) is 3. The van der Waals surface area contributed by atoms with E-state index in [0.29, 0.717) is 4.90 Å². The highest BCUT2D eigenvalue weighted by Crippen LogP contribution is 2.17. The highest BCUT2D eigenvalue weighted by molar-refractivity contribution is 5.81. The van der Waals surface area contributed by atoms with Gasteiger partial charge in [0.25, 0.3) is 0 Å². The van der Waals surface area contributed by atoms with E-state index in [1.165, 1.54) is 0 Å². The van der Waals surface area contributed by atoms with Gasteiger partial charge >= 0.3 is 12.1 Å². The summed E-state index contributed by atoms with van der Waals surface area (Å²) in [6, 6.07) is 0. The van der Waals surface area contributed by atoms with Crippen molar-refractivity contribution in [2.45, 2.75) is 6.18 Å². The first kappa shape index (κ1) is 13.2. The molecule has 0 spiro atoms. The number of likely N-dealkylation sites (N-methyl/N-ethyl adjacent to an activating group) is 1. The van der Waals surface area contributed by atoms with Crippen molar-refractivity contribution in [1.82, 2.24) is 4.90 Å². The van der Waals surface area contributed by atoms with Crippen LogP contribution >= 0.6 is 0 Å². The molecule has 0 radical (unpaired) electrons. The lowest BCUT2D eigenvalue weighted by Gasteiger charge is -2.18. The number of hydrogen-bond donors (Lipinski definition) is 1. The lowest BCUT2D eigenvalue weighted by atomic mass is 10.5. The number of alkyl halides is 3. The maximum atomic E-state index is 11.8. The highest BCUT2D eigenvalue weighted by atomic mass is 19.4. The van der Waals surface area contributed by atoms with Crippen LogP contribution in [0.5, 0.6) is 0 Å². The van der Waals surface area contributed by atoms with Gasteiger partial charge in [-0.3, -0.25) is 4.79 Å². The first-order valence-electron chi connectivity index (χ1n) is 3.90. The van der Waals surface area contributed by atoms with Gasteiger partial charge in [-0.05, 0) is 0 Å². The summed E-state index contributed by atoms with van der Waals surface area (Å²) in [5.41, 5.74) is 0. The molecule has 7 heteroatoms. The van der Waals surface area contributed by atoms with E-state index in [-0.39, 0.29) is 26.4 Å². The third kappa shape index (κ3) is 5.03. The summed E-state index contributed by atoms with van der Waals surface area (Å²) in [5.74, 6) is -1.90. The minimum Gasteiger partial charge on any atom is -0.394 e. The van der Waals surface area contributed by atoms with Crippen molar-refractivity contribution in [2.75, 3.05) is 33.4 Å². The van der Waals surface area contributed by atoms with Gasteiger partial charge in [0, 0.05) is 13.6 Å². The fourth-order valence-electron chi connectivity index (χ4n) is 0.686. The van der Waals surface area contributed by atoms with Crippen molar-refractivity contribution >= 4 is 5.91 Å². The van der Waals surface area contributed by atoms with Crippen molar-refractivity contribution < 1.29 is 27.8 Å². The molecule has 0 unspecified atom stereocenters. The molecule has 1 N–H and O–H groups in total. The Labute approximate surface area is 79.3 Å². The van der Waals surface area contributed by atoms with Crippen LogP contribution in [0.4, 0.5) is 13.2 Å². The van der Waals surface area contributed by atoms with E-state index >= 15 is 0 Å². The van der Waals surface area contributed by atoms with E-state index in [1.807, 2.05) is 0 Å². The maximum Gasteiger partial charge on any atom is 0.471 e. The highest BCUT2D eigenvalue weighted by Gasteiger charge is 2.40. The van der Waals surface area contributed by atoms with Crippen LogP contribution in [0.1, 0.15) is 0 Å². The normalized spacial score (nSPS) is 11.5. The predicted octanol–water partition coefficient (Wildman–Crippen LogP) is 0.0160. The van der Waals surface area contributed by atoms with Crippen LogP contribution in [0.15, 0.2) is 0 Å². The van der Waals surface area contributed by atoms with Gasteiger partial charge < -0.3 is 14.7 Å². The number of aliphatic hydroxyl groups excluding tert-OH is 1. The van der Waals surface area contributed by atoms with Crippen molar-refractivity contribution in [3.63, 3.8) is 0 Å². The molecule has 0 bridgehead atoms. The van der Waals surface area contributed by atoms with Gasteiger partial charge in [-0.2, -0.15) is 13.2 Å². The van der Waals surface area contributed by atoms with Crippen LogP contribution in [0.25, 0.3) is 0 Å². The van der Waals surface area contributed by atoms with Crippen LogP contribution in [0.3, 0.4) is 0 Å². The topological polar surface area (TPSA) is 49.8 Å². The van der Waals surface area contributed by atoms with Gasteiger partial charge in [-0.1, -0.05) is 0 Å². The zero-order chi connectivity index (χ0) is 11.2. The number of aliphatic hydroxyl groups is 1. The van der Waals surface area contributed by atoms with Crippen LogP contribution in [0.2, 0.25) is 0 Å². The fourth-order valence-corrected chi connectivity index (χ4v) is 0.686. The minimum absolute atomic E-state index is 0.0289. The molecule has 0 aromatic carbocycles. The monoisotopic (exact) mass is 215 g/mol. The van der Waals surface area contributed by atoms with E-state index < -0.39 is 12.1 Å². The van der Waals surface area contributed by atoms with Gasteiger partial charge in [-0.15, -0.1) is 0 Å². The van der Waals surface area contributed by atoms with Gasteiger partial charge in [0.2, 0.25) is 0 Å². The average molecular weight is 215 g/mol. The third-order valence-electron chi connectivity index (χ3n) is 1.40. The molecule has 0 aliphatic heterocycles. The lowest BCUT2D eigenvalue weighted by molar-refractivity contribution is -0.184. The van der Waals surface area contributed by atoms with Gasteiger partial charge in [0.1, 0.15) is 0 Å². The number of carbonyl (C=O) groups is 1. The molecule has 0 aromatic heterocycles. The van der Waals surface area contributed by atoms with E-state index in [2.05, 4.69) is 0 Å². The minimum atomic E-state index is -4.84. The van der Waals surface area contributed by atoms with Crippen molar-refractivity contribution in [2.24, 2.45) is 0 Å². The third-order valence-corrected chi connectivity index (χ3v) is 1.40. The summed E-state index contributed by atoms with van der Waals surface area (Å²) in [6.45, 7) is -0.331. The summed E-state index contributed by atoms with van der Waals surface area (Å²) in [7, 11) is 1.04. The lowest BCUT2D eigenvalue weighted by Crippen LogP contribution is -2.40. The van der Waals surface area contributed by atoms with Crippen LogP contribution in [0, 0.1) is 0 Å². The average Bonchev–Trinajstić information content (AvgIpc) is 2.09. The Hall–Kier alpha value is -0.820. The zero-order valence-electron chi connectivity index (χ0n) is 7.67. The molecular weight excluding hydrogens is 203 g/mol. The molecule has 4 nitrogen and oxygen atoms in total. The van der Waals surface area contributed by atoms with Gasteiger partial charge in [-0.25, -0.2) is 0 Å². The molecule has 0 aliphatic rings. The number of halogens is 3. The Morgan fingerprint density at radius 3 is 2.43 bits per heavy atom. The van der Waals surface area contributed by atoms with Crippen LogP contribution < -0.4 is 0 Å². The van der Waals surface area contributed by atoms with E-state index in [9.17, 15) is 18.0 Å². The number of nitrogens with zero attached hydrogens (tertiary/aromatic N) is 1. The molecule has 0 aromatic rings. The number of carbonyl (C=O) groups excluding carboxylic acids is 1. The molecule has 0 rings (SSSR count). The second-order valence-corrected chi connectivity index (χ2v) is 2.56. The molecule has 0 aliphatic carbocycles. The largest absolute Gasteiger partial charge is 0.471 e. The van der Waals surface area contributed by atoms with Gasteiger partial charge in [0.05, 0.1) is 19.8 Å². The molecule has 0 saturated carbocycles. The molecular formula is C7H12F3NO3. The Morgan fingerprint density at radius 1 is 1.43 bits per heavy atom. The Balaban J connectivity index is 3.74. The second-order valence-electron chi connectivity index (χ2n) is 2.56. The number of rotatable bonds is 5. The summed E-state index contributed by atoms with van der Waals surface area (Å²) >= 11 is 0. The van der Waals surface area contributed by atoms with E-state index in [4.69, 9.17) is 9.84 Å². The number of amides is 1. The molecule has 0 saturated heterocycles. The van der Waals surface area contributed by atoms with Gasteiger partial charge in [0.15, 0.2) is 0 Å². The predicted molar refractivity (Wildman–Crippen MR) is 41.6 cm³/mol. The molecule has 0 atom stereocenters. The zero-order valence-corrected chi connectivity index (χ0v) is 7.67. The molecule has 0 fully saturated rings. The molecule has 0 heterocycles. The summed E-state index contributed by atoms with van der Waals surface area (Å²) < 4.78 is 40.1. The van der Waals surface area contributed by atoms with Crippen molar-refractivity contribution in [1.29, 1.82) is 0 Å². The first-order valence-corrected chi connectivity index (χ1v) is 3.90. The Morgan fingerprint density at radius 2 is 2.00 bits per heavy atom. The van der Waals surface area contributed by atoms with Crippen molar-refractivity contribution in [3.8, 4) is 0 Å². The second kappa shape index (κ2) is 5.82. The smallest absolute Gasteiger partial charge is 0.394 e. The first-order chi connectivity index (χ1) is 6.39. The Kier molecular flexibility index (Phi) is 5.47. The summed E-state index contributed by atoms with van der Waals surface area (Å²) in [5, 5.41) is 8.28. The fraction of sp³-hybridized carbons (Fsp3) is 0.857. The van der Waals surface area contributed by atoms with E-state index in [1.54, 1.807) is 0 Å². The molecule has 84 valence electrons. The molecule has 14 heavy (non-hydrogen) atoms. The summed E-state index contributed by atoms with van der Waals surface area (Å²) in [4.78, 5) is 11.0. The molecule has 1 amide bonds. The number of ether oxygens (including phenoxy) is 1. The quantitative estimate of drug-likeness (QED) is 0.657.